The van der Waals surface area contributed by atoms with Crippen LogP contribution in [-0.2, 0) is 0 Å². The average molecular weight is 221 g/mol. The van der Waals surface area contributed by atoms with Crippen molar-refractivity contribution in [1.29, 1.82) is 0 Å². The van der Waals surface area contributed by atoms with Crippen molar-refractivity contribution < 1.29 is 14.3 Å². The summed E-state index contributed by atoms with van der Waals surface area (Å²) in [4.78, 5) is 12.0. The van der Waals surface area contributed by atoms with Crippen molar-refractivity contribution in [2.24, 2.45) is 0 Å². The number of carboxylic acid groups (broad SMARTS) is 1. The number of hydrogen-bond acceptors (Lipinski definition) is 3. The van der Waals surface area contributed by atoms with E-state index in [0.717, 1.165) is 10.9 Å². The molecule has 0 saturated carbocycles. The van der Waals surface area contributed by atoms with Crippen LogP contribution in [0.25, 0.3) is 5.69 Å². The first-order chi connectivity index (χ1) is 7.59. The zero-order valence-electron chi connectivity index (χ0n) is 8.38. The van der Waals surface area contributed by atoms with Crippen molar-refractivity contribution in [3.8, 4) is 5.69 Å². The molecule has 1 aromatic heterocycles. The fourth-order valence-corrected chi connectivity index (χ4v) is 1.35. The summed E-state index contributed by atoms with van der Waals surface area (Å²) in [7, 11) is 0. The zero-order valence-corrected chi connectivity index (χ0v) is 8.38. The Hall–Kier alpha value is -2.24. The number of carboxylic acids is 1. The first-order valence-electron chi connectivity index (χ1n) is 4.50. The van der Waals surface area contributed by atoms with E-state index in [1.807, 2.05) is 0 Å². The second-order valence-corrected chi connectivity index (χ2v) is 3.21. The molecule has 16 heavy (non-hydrogen) atoms. The maximum Gasteiger partial charge on any atom is 0.340 e. The zero-order chi connectivity index (χ0) is 11.7. The third kappa shape index (κ3) is 1.65. The topological polar surface area (TPSA) is 68.0 Å². The molecular formula is C10H8FN3O2. The second kappa shape index (κ2) is 3.73. The van der Waals surface area contributed by atoms with Gasteiger partial charge in [0.25, 0.3) is 0 Å². The van der Waals surface area contributed by atoms with Crippen LogP contribution in [0.15, 0.2) is 24.4 Å². The predicted molar refractivity (Wildman–Crippen MR) is 53.0 cm³/mol. The number of aryl methyl sites for hydroxylation is 1. The second-order valence-electron chi connectivity index (χ2n) is 3.21. The Kier molecular flexibility index (Phi) is 2.40. The maximum atomic E-state index is 13.3. The summed E-state index contributed by atoms with van der Waals surface area (Å²) >= 11 is 0. The first-order valence-corrected chi connectivity index (χ1v) is 4.50. The van der Waals surface area contributed by atoms with E-state index < -0.39 is 17.3 Å². The summed E-state index contributed by atoms with van der Waals surface area (Å²) in [5, 5.41) is 16.7. The van der Waals surface area contributed by atoms with Gasteiger partial charge in [0.1, 0.15) is 17.1 Å². The van der Waals surface area contributed by atoms with Gasteiger partial charge in [-0.3, -0.25) is 0 Å². The summed E-state index contributed by atoms with van der Waals surface area (Å²) in [5.41, 5.74) is 0.305. The molecule has 0 amide bonds. The van der Waals surface area contributed by atoms with E-state index >= 15 is 0 Å². The molecule has 1 heterocycles. The van der Waals surface area contributed by atoms with Gasteiger partial charge in [-0.25, -0.2) is 9.18 Å². The molecule has 2 aromatic rings. The van der Waals surface area contributed by atoms with Gasteiger partial charge in [0.05, 0.1) is 11.9 Å². The molecule has 0 saturated heterocycles. The lowest BCUT2D eigenvalue weighted by Gasteiger charge is -2.04. The molecule has 0 bridgehead atoms. The monoisotopic (exact) mass is 221 g/mol. The molecule has 0 atom stereocenters. The molecule has 0 unspecified atom stereocenters. The van der Waals surface area contributed by atoms with Gasteiger partial charge in [-0.15, -0.1) is 0 Å². The highest BCUT2D eigenvalue weighted by molar-refractivity contribution is 5.92. The molecule has 0 spiro atoms. The SMILES string of the molecule is Cc1cnn(-c2cccc(F)c2C(=O)O)n1. The number of aromatic nitrogens is 3. The van der Waals surface area contributed by atoms with Crippen LogP contribution in [0.2, 0.25) is 0 Å². The van der Waals surface area contributed by atoms with Gasteiger partial charge >= 0.3 is 5.97 Å². The number of halogens is 1. The summed E-state index contributed by atoms with van der Waals surface area (Å²) < 4.78 is 13.3. The standard InChI is InChI=1S/C10H8FN3O2/c1-6-5-12-14(13-6)8-4-2-3-7(11)9(8)10(15)16/h2-5H,1H3,(H,15,16). The molecule has 6 heteroatoms. The summed E-state index contributed by atoms with van der Waals surface area (Å²) in [6.45, 7) is 1.71. The number of hydrogen-bond donors (Lipinski definition) is 1. The Balaban J connectivity index is 2.65. The van der Waals surface area contributed by atoms with E-state index in [2.05, 4.69) is 10.2 Å². The Morgan fingerprint density at radius 2 is 2.25 bits per heavy atom. The summed E-state index contributed by atoms with van der Waals surface area (Å²) in [6, 6.07) is 3.95. The summed E-state index contributed by atoms with van der Waals surface area (Å²) in [6.07, 6.45) is 1.47. The quantitative estimate of drug-likeness (QED) is 0.832. The predicted octanol–water partition coefficient (Wildman–Crippen LogP) is 1.41. The molecule has 0 radical (unpaired) electrons. The number of nitrogens with zero attached hydrogens (tertiary/aromatic N) is 3. The van der Waals surface area contributed by atoms with Crippen molar-refractivity contribution in [2.75, 3.05) is 0 Å². The third-order valence-corrected chi connectivity index (χ3v) is 2.03. The van der Waals surface area contributed by atoms with Crippen molar-refractivity contribution in [3.05, 3.63) is 41.5 Å². The van der Waals surface area contributed by atoms with Gasteiger partial charge in [-0.2, -0.15) is 15.0 Å². The molecule has 82 valence electrons. The van der Waals surface area contributed by atoms with Crippen LogP contribution in [-0.4, -0.2) is 26.1 Å². The number of aromatic carboxylic acids is 1. The van der Waals surface area contributed by atoms with Crippen LogP contribution in [0.3, 0.4) is 0 Å². The molecule has 0 fully saturated rings. The van der Waals surface area contributed by atoms with Crippen LogP contribution >= 0.6 is 0 Å². The minimum absolute atomic E-state index is 0.112. The molecule has 0 aliphatic rings. The fraction of sp³-hybridized carbons (Fsp3) is 0.100. The van der Waals surface area contributed by atoms with Crippen LogP contribution < -0.4 is 0 Å². The van der Waals surface area contributed by atoms with Crippen LogP contribution in [0.1, 0.15) is 16.1 Å². The Bertz CT molecular complexity index is 551. The molecule has 2 rings (SSSR count). The Morgan fingerprint density at radius 3 is 2.81 bits per heavy atom. The Labute approximate surface area is 90.1 Å². The number of rotatable bonds is 2. The minimum atomic E-state index is -1.34. The van der Waals surface area contributed by atoms with Gasteiger partial charge in [0.2, 0.25) is 0 Å². The lowest BCUT2D eigenvalue weighted by atomic mass is 10.1. The lowest BCUT2D eigenvalue weighted by molar-refractivity contribution is 0.0691. The fourth-order valence-electron chi connectivity index (χ4n) is 1.35. The smallest absolute Gasteiger partial charge is 0.340 e. The van der Waals surface area contributed by atoms with Crippen molar-refractivity contribution in [1.82, 2.24) is 15.0 Å². The van der Waals surface area contributed by atoms with E-state index in [0.29, 0.717) is 5.69 Å². The van der Waals surface area contributed by atoms with E-state index in [4.69, 9.17) is 5.11 Å². The Morgan fingerprint density at radius 1 is 1.50 bits per heavy atom. The normalized spacial score (nSPS) is 10.4. The van der Waals surface area contributed by atoms with Gasteiger partial charge in [-0.1, -0.05) is 6.07 Å². The van der Waals surface area contributed by atoms with Gasteiger partial charge in [0.15, 0.2) is 0 Å². The van der Waals surface area contributed by atoms with Gasteiger partial charge in [0, 0.05) is 0 Å². The average Bonchev–Trinajstić information content (AvgIpc) is 2.63. The number of benzene rings is 1. The van der Waals surface area contributed by atoms with Crippen LogP contribution in [0.4, 0.5) is 4.39 Å². The lowest BCUT2D eigenvalue weighted by Crippen LogP contribution is -2.10. The highest BCUT2D eigenvalue weighted by Gasteiger charge is 2.17. The molecular weight excluding hydrogens is 213 g/mol. The molecule has 0 aliphatic heterocycles. The highest BCUT2D eigenvalue weighted by atomic mass is 19.1. The van der Waals surface area contributed by atoms with Crippen molar-refractivity contribution >= 4 is 5.97 Å². The molecule has 1 N–H and O–H groups in total. The van der Waals surface area contributed by atoms with Crippen LogP contribution in [0.5, 0.6) is 0 Å². The van der Waals surface area contributed by atoms with E-state index in [1.54, 1.807) is 6.92 Å². The third-order valence-electron chi connectivity index (χ3n) is 2.03. The summed E-state index contributed by atoms with van der Waals surface area (Å²) in [5.74, 6) is -2.15. The van der Waals surface area contributed by atoms with E-state index in [9.17, 15) is 9.18 Å². The van der Waals surface area contributed by atoms with Crippen molar-refractivity contribution in [3.63, 3.8) is 0 Å². The maximum absolute atomic E-state index is 13.3. The van der Waals surface area contributed by atoms with Gasteiger partial charge in [-0.05, 0) is 19.1 Å². The highest BCUT2D eigenvalue weighted by Crippen LogP contribution is 2.16. The van der Waals surface area contributed by atoms with E-state index in [-0.39, 0.29) is 5.69 Å². The van der Waals surface area contributed by atoms with Gasteiger partial charge < -0.3 is 5.11 Å². The minimum Gasteiger partial charge on any atom is -0.478 e. The van der Waals surface area contributed by atoms with E-state index in [1.165, 1.54) is 18.3 Å². The molecule has 5 nitrogen and oxygen atoms in total. The first kappa shape index (κ1) is 10.3. The molecule has 0 aliphatic carbocycles. The van der Waals surface area contributed by atoms with Crippen LogP contribution in [0, 0.1) is 12.7 Å². The largest absolute Gasteiger partial charge is 0.478 e. The number of carbonyl (C=O) groups is 1. The molecule has 1 aromatic carbocycles. The van der Waals surface area contributed by atoms with Crippen molar-refractivity contribution in [2.45, 2.75) is 6.92 Å².